The van der Waals surface area contributed by atoms with E-state index in [1.165, 1.54) is 44.5 Å². The summed E-state index contributed by atoms with van der Waals surface area (Å²) in [6.45, 7) is 26.6. The molecule has 0 N–H and O–H groups in total. The summed E-state index contributed by atoms with van der Waals surface area (Å²) in [7, 11) is 0. The third kappa shape index (κ3) is 6.02. The van der Waals surface area contributed by atoms with Gasteiger partial charge in [0.05, 0.1) is 0 Å². The van der Waals surface area contributed by atoms with Crippen LogP contribution in [-0.2, 0) is 28.8 Å². The van der Waals surface area contributed by atoms with E-state index in [9.17, 15) is 0 Å². The van der Waals surface area contributed by atoms with E-state index >= 15 is 0 Å². The van der Waals surface area contributed by atoms with Crippen molar-refractivity contribution in [3.63, 3.8) is 0 Å². The van der Waals surface area contributed by atoms with Crippen LogP contribution < -0.4 is 0 Å². The van der Waals surface area contributed by atoms with Gasteiger partial charge in [0.2, 0.25) is 0 Å². The van der Waals surface area contributed by atoms with Gasteiger partial charge >= 0.3 is 303 Å². The molecule has 0 nitrogen and oxygen atoms in total. The quantitative estimate of drug-likeness (QED) is 0.165. The first-order valence-electron chi connectivity index (χ1n) is 19.0. The average Bonchev–Trinajstić information content (AvgIpc) is 3.65. The van der Waals surface area contributed by atoms with Gasteiger partial charge in [0.25, 0.3) is 0 Å². The Morgan fingerprint density at radius 2 is 1.04 bits per heavy atom. The molecule has 2 atom stereocenters. The van der Waals surface area contributed by atoms with Gasteiger partial charge in [0, 0.05) is 0 Å². The summed E-state index contributed by atoms with van der Waals surface area (Å²) < 4.78 is 6.94. The predicted molar refractivity (Wildman–Crippen MR) is 218 cm³/mol. The predicted octanol–water partition coefficient (Wildman–Crippen LogP) is 14.0. The van der Waals surface area contributed by atoms with Crippen LogP contribution in [0.1, 0.15) is 109 Å². The van der Waals surface area contributed by atoms with E-state index in [0.29, 0.717) is 13.2 Å². The normalized spacial score (nSPS) is 18.6. The van der Waals surface area contributed by atoms with E-state index in [2.05, 4.69) is 182 Å². The van der Waals surface area contributed by atoms with Crippen molar-refractivity contribution in [1.82, 2.24) is 0 Å². The first-order chi connectivity index (χ1) is 22.9. The molecule has 0 spiro atoms. The fraction of sp³-hybridized carbons (Fsp3) is 0.404. The van der Waals surface area contributed by atoms with E-state index in [4.69, 9.17) is 0 Å². The average molecular weight is 745 g/mol. The molecule has 0 heterocycles. The fourth-order valence-corrected chi connectivity index (χ4v) is 39.2. The SMILES string of the molecule is CCC1=Cc2c(-c3ccc(C(C)(C)C)cc3)cccc2[CH]1[Zr]([CH3])([CH3])([CH]1C(C(C)C)=Cc2c(-c3ccc(C(C)(C)C)cc3)cccc21)[SiH](C)C. The fourth-order valence-electron chi connectivity index (χ4n) is 9.42. The van der Waals surface area contributed by atoms with Gasteiger partial charge in [-0.25, -0.2) is 0 Å². The Bertz CT molecular complexity index is 1940. The Kier molecular flexibility index (Phi) is 9.32. The van der Waals surface area contributed by atoms with Crippen molar-refractivity contribution in [2.45, 2.75) is 109 Å². The molecule has 0 fully saturated rings. The molecule has 0 radical (unpaired) electrons. The molecule has 0 bridgehead atoms. The molecular weight excluding hydrogens is 684 g/mol. The molecule has 2 unspecified atom stereocenters. The van der Waals surface area contributed by atoms with Crippen LogP contribution in [0.4, 0.5) is 0 Å². The second-order valence-electron chi connectivity index (χ2n) is 18.9. The summed E-state index contributed by atoms with van der Waals surface area (Å²) in [4.78, 5) is 0. The van der Waals surface area contributed by atoms with Crippen LogP contribution in [0.5, 0.6) is 0 Å². The number of fused-ring (bicyclic) bond motifs is 2. The van der Waals surface area contributed by atoms with Gasteiger partial charge in [0.15, 0.2) is 0 Å². The van der Waals surface area contributed by atoms with Gasteiger partial charge in [-0.15, -0.1) is 0 Å². The number of allylic oxidation sites excluding steroid dienone is 2. The monoisotopic (exact) mass is 743 g/mol. The third-order valence-electron chi connectivity index (χ3n) is 13.1. The van der Waals surface area contributed by atoms with Gasteiger partial charge in [-0.3, -0.25) is 0 Å². The summed E-state index contributed by atoms with van der Waals surface area (Å²) in [5.41, 5.74) is 18.2. The molecule has 257 valence electrons. The number of hydrogen-bond donors (Lipinski definition) is 0. The molecule has 0 aliphatic heterocycles. The molecule has 0 saturated carbocycles. The first kappa shape index (κ1) is 36.3. The van der Waals surface area contributed by atoms with Gasteiger partial charge in [0.1, 0.15) is 0 Å². The van der Waals surface area contributed by atoms with Crippen molar-refractivity contribution in [2.24, 2.45) is 5.92 Å². The van der Waals surface area contributed by atoms with Crippen LogP contribution in [0, 0.1) is 5.92 Å². The zero-order chi connectivity index (χ0) is 35.7. The zero-order valence-electron chi connectivity index (χ0n) is 32.8. The Labute approximate surface area is 300 Å². The van der Waals surface area contributed by atoms with E-state index in [0.717, 1.165) is 6.42 Å². The molecular formula is C47H61SiZr. The van der Waals surface area contributed by atoms with Gasteiger partial charge in [-0.05, 0) is 0 Å². The van der Waals surface area contributed by atoms with Crippen molar-refractivity contribution in [2.75, 3.05) is 0 Å². The second-order valence-corrected chi connectivity index (χ2v) is 56.8. The second kappa shape index (κ2) is 12.6. The van der Waals surface area contributed by atoms with E-state index in [-0.39, 0.29) is 10.8 Å². The minimum absolute atomic E-state index is 0.150. The number of hydrogen-bond acceptors (Lipinski definition) is 0. The summed E-state index contributed by atoms with van der Waals surface area (Å²) in [5.74, 6) is -0.664. The maximum absolute atomic E-state index is 3.80. The van der Waals surface area contributed by atoms with Crippen LogP contribution in [0.15, 0.2) is 96.1 Å². The van der Waals surface area contributed by atoms with Crippen LogP contribution >= 0.6 is 0 Å². The van der Waals surface area contributed by atoms with Crippen molar-refractivity contribution in [3.05, 3.63) is 129 Å². The van der Waals surface area contributed by atoms with Crippen LogP contribution in [0.2, 0.25) is 22.4 Å². The minimum atomic E-state index is -3.80. The third-order valence-corrected chi connectivity index (χ3v) is 59.8. The van der Waals surface area contributed by atoms with Crippen molar-refractivity contribution < 1.29 is 17.9 Å². The van der Waals surface area contributed by atoms with Crippen LogP contribution in [-0.4, -0.2) is 5.92 Å². The summed E-state index contributed by atoms with van der Waals surface area (Å²) >= 11 is -3.80. The molecule has 2 aliphatic rings. The molecule has 4 aromatic carbocycles. The maximum atomic E-state index is 2.91. The molecule has 49 heavy (non-hydrogen) atoms. The Morgan fingerprint density at radius 1 is 0.612 bits per heavy atom. The van der Waals surface area contributed by atoms with E-state index < -0.39 is 23.9 Å². The van der Waals surface area contributed by atoms with Crippen molar-refractivity contribution >= 4 is 18.1 Å². The zero-order valence-corrected chi connectivity index (χ0v) is 36.4. The summed E-state index contributed by atoms with van der Waals surface area (Å²) in [6.07, 6.45) is 6.42. The molecule has 4 aromatic rings. The molecule has 0 saturated heterocycles. The Balaban J connectivity index is 1.53. The first-order valence-corrected chi connectivity index (χ1v) is 33.9. The Morgan fingerprint density at radius 3 is 1.43 bits per heavy atom. The molecule has 2 aliphatic carbocycles. The summed E-state index contributed by atoms with van der Waals surface area (Å²) in [5, 5.41) is 0. The van der Waals surface area contributed by atoms with Gasteiger partial charge in [-0.2, -0.15) is 0 Å². The standard InChI is InChI=1S/C22H25.C21H23.C2H7Si.2CH3.Zr/c1-15(2)18-13-17-7-6-8-20(21(17)14-18)16-9-11-19(12-10-16)22(3,4)5;1-5-15-13-17-7-6-8-19(20(17)14-15)16-9-11-18(12-10-16)21(2,3)4;1-3-2;;;/h6-15H,1-5H3;6-14H,5H2,1-4H3;3H,1-2H3;2*1H3;. The number of benzene rings is 4. The molecule has 0 amide bonds. The van der Waals surface area contributed by atoms with Gasteiger partial charge in [-0.1, -0.05) is 0 Å². The van der Waals surface area contributed by atoms with Crippen molar-refractivity contribution in [3.8, 4) is 22.3 Å². The Hall–Kier alpha value is -2.54. The number of rotatable bonds is 7. The molecule has 2 heteroatoms. The van der Waals surface area contributed by atoms with Crippen LogP contribution in [0.25, 0.3) is 34.4 Å². The van der Waals surface area contributed by atoms with E-state index in [1.54, 1.807) is 22.3 Å². The van der Waals surface area contributed by atoms with Crippen molar-refractivity contribution in [1.29, 1.82) is 0 Å². The van der Waals surface area contributed by atoms with Crippen LogP contribution in [0.3, 0.4) is 0 Å². The topological polar surface area (TPSA) is 0 Å². The molecule has 0 aromatic heterocycles. The van der Waals surface area contributed by atoms with E-state index in [1.807, 2.05) is 0 Å². The molecule has 6 rings (SSSR count). The van der Waals surface area contributed by atoms with Gasteiger partial charge < -0.3 is 0 Å². The summed E-state index contributed by atoms with van der Waals surface area (Å²) in [6, 6.07) is 33.4.